The number of nitrogens with zero attached hydrogens (tertiary/aromatic N) is 1. The summed E-state index contributed by atoms with van der Waals surface area (Å²) in [4.78, 5) is 10.7. The number of aliphatic hydroxyl groups excluding tert-OH is 1. The second-order valence-corrected chi connectivity index (χ2v) is 5.66. The summed E-state index contributed by atoms with van der Waals surface area (Å²) < 4.78 is 27.1. The van der Waals surface area contributed by atoms with Gasteiger partial charge < -0.3 is 14.8 Å². The number of aromatic carboxylic acids is 1. The molecule has 1 heterocycles. The minimum atomic E-state index is -3.79. The predicted octanol–water partition coefficient (Wildman–Crippen LogP) is -0.227. The molecule has 0 radical (unpaired) electrons. The highest BCUT2D eigenvalue weighted by molar-refractivity contribution is 7.89. The standard InChI is InChI=1S/C10H16N2O5S/c1-3-7(13)5-11-18(16,17)8-4-9(10(14)15)12(2)6-8/h4,6-7,11,13H,3,5H2,1-2H3,(H,14,15). The predicted molar refractivity (Wildman–Crippen MR) is 63.9 cm³/mol. The topological polar surface area (TPSA) is 109 Å². The molecule has 1 aromatic rings. The van der Waals surface area contributed by atoms with Gasteiger partial charge in [-0.1, -0.05) is 6.92 Å². The van der Waals surface area contributed by atoms with E-state index in [1.54, 1.807) is 6.92 Å². The van der Waals surface area contributed by atoms with E-state index in [2.05, 4.69) is 4.72 Å². The Morgan fingerprint density at radius 1 is 1.56 bits per heavy atom. The molecule has 18 heavy (non-hydrogen) atoms. The van der Waals surface area contributed by atoms with E-state index in [0.29, 0.717) is 6.42 Å². The van der Waals surface area contributed by atoms with Crippen LogP contribution < -0.4 is 4.72 Å². The third-order valence-electron chi connectivity index (χ3n) is 2.49. The van der Waals surface area contributed by atoms with Gasteiger partial charge in [-0.3, -0.25) is 0 Å². The van der Waals surface area contributed by atoms with Gasteiger partial charge in [0.25, 0.3) is 0 Å². The largest absolute Gasteiger partial charge is 0.477 e. The van der Waals surface area contributed by atoms with Gasteiger partial charge in [0.05, 0.1) is 6.10 Å². The summed E-state index contributed by atoms with van der Waals surface area (Å²) >= 11 is 0. The first-order valence-corrected chi connectivity index (χ1v) is 6.83. The molecule has 0 aliphatic carbocycles. The maximum Gasteiger partial charge on any atom is 0.352 e. The summed E-state index contributed by atoms with van der Waals surface area (Å²) in [6, 6.07) is 1.07. The van der Waals surface area contributed by atoms with E-state index in [0.717, 1.165) is 6.07 Å². The number of hydrogen-bond donors (Lipinski definition) is 3. The zero-order chi connectivity index (χ0) is 13.9. The minimum absolute atomic E-state index is 0.101. The lowest BCUT2D eigenvalue weighted by atomic mass is 10.3. The molecule has 1 unspecified atom stereocenters. The Bertz CT molecular complexity index is 534. The lowest BCUT2D eigenvalue weighted by molar-refractivity contribution is 0.0686. The van der Waals surface area contributed by atoms with Crippen LogP contribution in [0.2, 0.25) is 0 Å². The Morgan fingerprint density at radius 2 is 2.17 bits per heavy atom. The Balaban J connectivity index is 2.92. The number of rotatable bonds is 6. The fourth-order valence-electron chi connectivity index (χ4n) is 1.33. The van der Waals surface area contributed by atoms with Crippen LogP contribution in [0.15, 0.2) is 17.2 Å². The maximum atomic E-state index is 11.8. The van der Waals surface area contributed by atoms with Gasteiger partial charge in [0.1, 0.15) is 10.6 Å². The summed E-state index contributed by atoms with van der Waals surface area (Å²) in [5, 5.41) is 18.1. The van der Waals surface area contributed by atoms with Crippen molar-refractivity contribution in [1.82, 2.24) is 9.29 Å². The van der Waals surface area contributed by atoms with E-state index >= 15 is 0 Å². The summed E-state index contributed by atoms with van der Waals surface area (Å²) in [5.74, 6) is -1.20. The number of carboxylic acid groups (broad SMARTS) is 1. The van der Waals surface area contributed by atoms with Crippen LogP contribution >= 0.6 is 0 Å². The molecule has 1 rings (SSSR count). The third-order valence-corrected chi connectivity index (χ3v) is 3.88. The van der Waals surface area contributed by atoms with E-state index < -0.39 is 22.1 Å². The van der Waals surface area contributed by atoms with Crippen molar-refractivity contribution in [2.75, 3.05) is 6.54 Å². The average molecular weight is 276 g/mol. The normalized spacial score (nSPS) is 13.5. The van der Waals surface area contributed by atoms with Gasteiger partial charge >= 0.3 is 5.97 Å². The van der Waals surface area contributed by atoms with Crippen LogP contribution in [0.3, 0.4) is 0 Å². The zero-order valence-electron chi connectivity index (χ0n) is 10.1. The van der Waals surface area contributed by atoms with Crippen molar-refractivity contribution in [2.24, 2.45) is 7.05 Å². The Labute approximate surface area is 105 Å². The molecular weight excluding hydrogens is 260 g/mol. The molecule has 0 aliphatic rings. The van der Waals surface area contributed by atoms with Crippen LogP contribution in [0.1, 0.15) is 23.8 Å². The van der Waals surface area contributed by atoms with Gasteiger partial charge in [-0.2, -0.15) is 0 Å². The van der Waals surface area contributed by atoms with Crippen molar-refractivity contribution in [3.8, 4) is 0 Å². The molecule has 0 amide bonds. The van der Waals surface area contributed by atoms with Gasteiger partial charge in [0.2, 0.25) is 10.0 Å². The molecule has 1 aromatic heterocycles. The van der Waals surface area contributed by atoms with Crippen LogP contribution in [-0.4, -0.2) is 41.8 Å². The molecular formula is C10H16N2O5S. The smallest absolute Gasteiger partial charge is 0.352 e. The zero-order valence-corrected chi connectivity index (χ0v) is 10.9. The highest BCUT2D eigenvalue weighted by atomic mass is 32.2. The fraction of sp³-hybridized carbons (Fsp3) is 0.500. The number of aromatic nitrogens is 1. The van der Waals surface area contributed by atoms with E-state index in [4.69, 9.17) is 5.11 Å². The number of sulfonamides is 1. The maximum absolute atomic E-state index is 11.8. The van der Waals surface area contributed by atoms with Gasteiger partial charge in [-0.25, -0.2) is 17.9 Å². The number of aryl methyl sites for hydroxylation is 1. The monoisotopic (exact) mass is 276 g/mol. The molecule has 1 atom stereocenters. The van der Waals surface area contributed by atoms with Crippen LogP contribution in [0.4, 0.5) is 0 Å². The molecule has 102 valence electrons. The number of carboxylic acids is 1. The molecule has 0 saturated carbocycles. The van der Waals surface area contributed by atoms with Crippen molar-refractivity contribution in [1.29, 1.82) is 0 Å². The Kier molecular flexibility index (Phi) is 4.49. The minimum Gasteiger partial charge on any atom is -0.477 e. The van der Waals surface area contributed by atoms with E-state index in [-0.39, 0.29) is 17.1 Å². The number of carbonyl (C=O) groups is 1. The van der Waals surface area contributed by atoms with Crippen molar-refractivity contribution >= 4 is 16.0 Å². The van der Waals surface area contributed by atoms with Crippen molar-refractivity contribution < 1.29 is 23.4 Å². The van der Waals surface area contributed by atoms with E-state index in [1.165, 1.54) is 17.8 Å². The number of hydrogen-bond acceptors (Lipinski definition) is 4. The molecule has 0 saturated heterocycles. The van der Waals surface area contributed by atoms with Gasteiger partial charge in [-0.05, 0) is 12.5 Å². The molecule has 0 aromatic carbocycles. The molecule has 0 bridgehead atoms. The lowest BCUT2D eigenvalue weighted by Gasteiger charge is -2.08. The molecule has 8 heteroatoms. The van der Waals surface area contributed by atoms with Crippen molar-refractivity contribution in [2.45, 2.75) is 24.3 Å². The van der Waals surface area contributed by atoms with Crippen molar-refractivity contribution in [3.05, 3.63) is 18.0 Å². The highest BCUT2D eigenvalue weighted by Gasteiger charge is 2.20. The fourth-order valence-corrected chi connectivity index (χ4v) is 2.47. The third kappa shape index (κ3) is 3.31. The number of nitrogens with one attached hydrogen (secondary N) is 1. The summed E-state index contributed by atoms with van der Waals surface area (Å²) in [7, 11) is -2.35. The van der Waals surface area contributed by atoms with Crippen LogP contribution in [0.5, 0.6) is 0 Å². The molecule has 7 nitrogen and oxygen atoms in total. The first-order valence-electron chi connectivity index (χ1n) is 5.35. The van der Waals surface area contributed by atoms with E-state index in [9.17, 15) is 18.3 Å². The van der Waals surface area contributed by atoms with E-state index in [1.807, 2.05) is 0 Å². The molecule has 0 fully saturated rings. The Hall–Kier alpha value is -1.38. The second-order valence-electron chi connectivity index (χ2n) is 3.89. The van der Waals surface area contributed by atoms with Gasteiger partial charge in [0, 0.05) is 19.8 Å². The van der Waals surface area contributed by atoms with Crippen LogP contribution in [-0.2, 0) is 17.1 Å². The molecule has 3 N–H and O–H groups in total. The van der Waals surface area contributed by atoms with Crippen molar-refractivity contribution in [3.63, 3.8) is 0 Å². The first-order chi connectivity index (χ1) is 8.27. The van der Waals surface area contributed by atoms with Crippen LogP contribution in [0, 0.1) is 0 Å². The molecule has 0 aliphatic heterocycles. The van der Waals surface area contributed by atoms with Crippen LogP contribution in [0.25, 0.3) is 0 Å². The SMILES string of the molecule is CCC(O)CNS(=O)(=O)c1cc(C(=O)O)n(C)c1. The van der Waals surface area contributed by atoms with Gasteiger partial charge in [-0.15, -0.1) is 0 Å². The summed E-state index contributed by atoms with van der Waals surface area (Å²) in [6.07, 6.45) is 0.879. The second kappa shape index (κ2) is 5.51. The highest BCUT2D eigenvalue weighted by Crippen LogP contribution is 2.13. The lowest BCUT2D eigenvalue weighted by Crippen LogP contribution is -2.31. The average Bonchev–Trinajstić information content (AvgIpc) is 2.69. The Morgan fingerprint density at radius 3 is 2.61 bits per heavy atom. The first kappa shape index (κ1) is 14.7. The molecule has 0 spiro atoms. The summed E-state index contributed by atoms with van der Waals surface area (Å²) in [6.45, 7) is 1.63. The quantitative estimate of drug-likeness (QED) is 0.665. The number of aliphatic hydroxyl groups is 1. The van der Waals surface area contributed by atoms with Gasteiger partial charge in [0.15, 0.2) is 0 Å². The summed E-state index contributed by atoms with van der Waals surface area (Å²) in [5.41, 5.74) is -0.119.